The van der Waals surface area contributed by atoms with Crippen LogP contribution in [0.15, 0.2) is 42.1 Å². The number of benzene rings is 1. The van der Waals surface area contributed by atoms with Gasteiger partial charge in [-0.15, -0.1) is 0 Å². The van der Waals surface area contributed by atoms with Crippen molar-refractivity contribution in [3.8, 4) is 5.75 Å². The van der Waals surface area contributed by atoms with Crippen LogP contribution in [0.4, 0.5) is 0 Å². The summed E-state index contributed by atoms with van der Waals surface area (Å²) in [6.45, 7) is 4.87. The number of aryl methyl sites for hydroxylation is 1. The van der Waals surface area contributed by atoms with E-state index in [1.165, 1.54) is 0 Å². The van der Waals surface area contributed by atoms with E-state index in [2.05, 4.69) is 23.6 Å². The van der Waals surface area contributed by atoms with Gasteiger partial charge in [0.05, 0.1) is 13.2 Å². The van der Waals surface area contributed by atoms with Crippen LogP contribution in [0.25, 0.3) is 0 Å². The summed E-state index contributed by atoms with van der Waals surface area (Å²) in [5.41, 5.74) is 2.69. The van der Waals surface area contributed by atoms with Gasteiger partial charge in [0.25, 0.3) is 5.91 Å². The third-order valence-electron chi connectivity index (χ3n) is 3.75. The van der Waals surface area contributed by atoms with E-state index >= 15 is 0 Å². The Hall–Kier alpha value is -2.23. The van der Waals surface area contributed by atoms with Gasteiger partial charge in [0.2, 0.25) is 0 Å². The number of ether oxygens (including phenoxy) is 1. The molecule has 1 aromatic rings. The normalized spacial score (nSPS) is 14.8. The van der Waals surface area contributed by atoms with Crippen molar-refractivity contribution in [1.29, 1.82) is 0 Å². The zero-order valence-electron chi connectivity index (χ0n) is 13.5. The molecule has 1 amide bonds. The number of carbonyl (C=O) groups is 1. The van der Waals surface area contributed by atoms with E-state index in [-0.39, 0.29) is 11.9 Å². The highest BCUT2D eigenvalue weighted by Crippen LogP contribution is 2.19. The van der Waals surface area contributed by atoms with E-state index in [0.29, 0.717) is 5.56 Å². The molecule has 0 fully saturated rings. The zero-order valence-corrected chi connectivity index (χ0v) is 13.5. The van der Waals surface area contributed by atoms with E-state index in [0.717, 1.165) is 36.4 Å². The molecule has 118 valence electrons. The maximum atomic E-state index is 12.5. The van der Waals surface area contributed by atoms with E-state index < -0.39 is 0 Å². The van der Waals surface area contributed by atoms with Crippen LogP contribution in [-0.4, -0.2) is 25.6 Å². The predicted octanol–water partition coefficient (Wildman–Crippen LogP) is 2.95. The van der Waals surface area contributed by atoms with E-state index in [4.69, 9.17) is 4.74 Å². The molecule has 0 saturated heterocycles. The molecule has 4 nitrogen and oxygen atoms in total. The molecule has 1 aromatic carbocycles. The number of amides is 1. The first kappa shape index (κ1) is 16.1. The zero-order chi connectivity index (χ0) is 15.9. The van der Waals surface area contributed by atoms with Gasteiger partial charge in [-0.05, 0) is 43.2 Å². The van der Waals surface area contributed by atoms with Crippen LogP contribution in [0, 0.1) is 6.92 Å². The predicted molar refractivity (Wildman–Crippen MR) is 89.1 cm³/mol. The van der Waals surface area contributed by atoms with Crippen molar-refractivity contribution in [2.24, 2.45) is 0 Å². The molecule has 2 N–H and O–H groups in total. The highest BCUT2D eigenvalue weighted by atomic mass is 16.5. The highest BCUT2D eigenvalue weighted by molar-refractivity contribution is 5.95. The van der Waals surface area contributed by atoms with Gasteiger partial charge in [0, 0.05) is 17.8 Å². The monoisotopic (exact) mass is 300 g/mol. The number of allylic oxidation sites excluding steroid dienone is 2. The van der Waals surface area contributed by atoms with Crippen LogP contribution in [-0.2, 0) is 0 Å². The smallest absolute Gasteiger partial charge is 0.251 e. The Morgan fingerprint density at radius 3 is 2.86 bits per heavy atom. The third-order valence-corrected chi connectivity index (χ3v) is 3.75. The number of rotatable bonds is 6. The Morgan fingerprint density at radius 1 is 1.45 bits per heavy atom. The molecule has 1 aliphatic heterocycles. The SMILES string of the molecule is CCCC(NC(=O)c1ccc(OC)c(C)c1)C1=CC=CCN1. The molecule has 0 spiro atoms. The van der Waals surface area contributed by atoms with Crippen LogP contribution in [0.5, 0.6) is 5.75 Å². The Morgan fingerprint density at radius 2 is 2.27 bits per heavy atom. The summed E-state index contributed by atoms with van der Waals surface area (Å²) in [6, 6.07) is 5.51. The van der Waals surface area contributed by atoms with Gasteiger partial charge in [-0.3, -0.25) is 4.79 Å². The molecule has 2 rings (SSSR count). The minimum absolute atomic E-state index is 0.0184. The van der Waals surface area contributed by atoms with Crippen molar-refractivity contribution in [1.82, 2.24) is 10.6 Å². The van der Waals surface area contributed by atoms with Crippen LogP contribution in [0.1, 0.15) is 35.7 Å². The lowest BCUT2D eigenvalue weighted by atomic mass is 10.0. The summed E-state index contributed by atoms with van der Waals surface area (Å²) in [6.07, 6.45) is 8.03. The Bertz CT molecular complexity index is 591. The van der Waals surface area contributed by atoms with Crippen LogP contribution < -0.4 is 15.4 Å². The van der Waals surface area contributed by atoms with E-state index in [1.807, 2.05) is 31.2 Å². The van der Waals surface area contributed by atoms with Crippen LogP contribution in [0.2, 0.25) is 0 Å². The lowest BCUT2D eigenvalue weighted by Crippen LogP contribution is -2.41. The Balaban J connectivity index is 2.12. The first-order chi connectivity index (χ1) is 10.7. The van der Waals surface area contributed by atoms with Crippen LogP contribution in [0.3, 0.4) is 0 Å². The van der Waals surface area contributed by atoms with Gasteiger partial charge in [-0.1, -0.05) is 25.5 Å². The van der Waals surface area contributed by atoms with Gasteiger partial charge in [0.1, 0.15) is 5.75 Å². The van der Waals surface area contributed by atoms with Gasteiger partial charge < -0.3 is 15.4 Å². The summed E-state index contributed by atoms with van der Waals surface area (Å²) in [7, 11) is 1.63. The summed E-state index contributed by atoms with van der Waals surface area (Å²) < 4.78 is 5.24. The molecule has 0 radical (unpaired) electrons. The first-order valence-corrected chi connectivity index (χ1v) is 7.71. The highest BCUT2D eigenvalue weighted by Gasteiger charge is 2.18. The molecule has 1 atom stereocenters. The summed E-state index contributed by atoms with van der Waals surface area (Å²) >= 11 is 0. The number of methoxy groups -OCH3 is 1. The molecule has 1 heterocycles. The summed E-state index contributed by atoms with van der Waals surface area (Å²) in [5.74, 6) is 0.741. The van der Waals surface area contributed by atoms with E-state index in [1.54, 1.807) is 13.2 Å². The average Bonchev–Trinajstić information content (AvgIpc) is 2.55. The third kappa shape index (κ3) is 3.91. The Labute approximate surface area is 132 Å². The lowest BCUT2D eigenvalue weighted by Gasteiger charge is -2.24. The molecule has 4 heteroatoms. The van der Waals surface area contributed by atoms with Gasteiger partial charge >= 0.3 is 0 Å². The fraction of sp³-hybridized carbons (Fsp3) is 0.389. The minimum atomic E-state index is -0.0542. The average molecular weight is 300 g/mol. The second-order valence-electron chi connectivity index (χ2n) is 5.43. The summed E-state index contributed by atoms with van der Waals surface area (Å²) in [5, 5.41) is 6.45. The number of hydrogen-bond acceptors (Lipinski definition) is 3. The fourth-order valence-electron chi connectivity index (χ4n) is 2.57. The number of dihydropyridines is 1. The van der Waals surface area contributed by atoms with Crippen molar-refractivity contribution in [3.05, 3.63) is 53.3 Å². The Kier molecular flexibility index (Phi) is 5.64. The molecule has 0 saturated carbocycles. The maximum absolute atomic E-state index is 12.5. The molecule has 22 heavy (non-hydrogen) atoms. The van der Waals surface area contributed by atoms with Crippen molar-refractivity contribution in [2.75, 3.05) is 13.7 Å². The number of carbonyl (C=O) groups excluding carboxylic acids is 1. The van der Waals surface area contributed by atoms with Gasteiger partial charge in [-0.2, -0.15) is 0 Å². The van der Waals surface area contributed by atoms with Crippen molar-refractivity contribution < 1.29 is 9.53 Å². The standard InChI is InChI=1S/C18H24N2O2/c1-4-7-16(15-8-5-6-11-19-15)20-18(21)14-9-10-17(22-3)13(2)12-14/h5-6,8-10,12,16,19H,4,7,11H2,1-3H3,(H,20,21). The molecule has 1 aliphatic rings. The fourth-order valence-corrected chi connectivity index (χ4v) is 2.57. The minimum Gasteiger partial charge on any atom is -0.496 e. The molecular formula is C18H24N2O2. The van der Waals surface area contributed by atoms with E-state index in [9.17, 15) is 4.79 Å². The molecule has 0 aliphatic carbocycles. The topological polar surface area (TPSA) is 50.4 Å². The van der Waals surface area contributed by atoms with Crippen molar-refractivity contribution in [3.63, 3.8) is 0 Å². The van der Waals surface area contributed by atoms with Crippen molar-refractivity contribution in [2.45, 2.75) is 32.7 Å². The number of nitrogens with one attached hydrogen (secondary N) is 2. The maximum Gasteiger partial charge on any atom is 0.251 e. The van der Waals surface area contributed by atoms with Crippen LogP contribution >= 0.6 is 0 Å². The lowest BCUT2D eigenvalue weighted by molar-refractivity contribution is 0.0939. The van der Waals surface area contributed by atoms with Gasteiger partial charge in [0.15, 0.2) is 0 Å². The van der Waals surface area contributed by atoms with Gasteiger partial charge in [-0.25, -0.2) is 0 Å². The molecule has 1 unspecified atom stereocenters. The molecule has 0 aromatic heterocycles. The largest absolute Gasteiger partial charge is 0.496 e. The summed E-state index contributed by atoms with van der Waals surface area (Å²) in [4.78, 5) is 12.5. The molecular weight excluding hydrogens is 276 g/mol. The number of hydrogen-bond donors (Lipinski definition) is 2. The first-order valence-electron chi connectivity index (χ1n) is 7.71. The molecule has 0 bridgehead atoms. The quantitative estimate of drug-likeness (QED) is 0.849. The second kappa shape index (κ2) is 7.69. The van der Waals surface area contributed by atoms with Crippen molar-refractivity contribution >= 4 is 5.91 Å². The second-order valence-corrected chi connectivity index (χ2v) is 5.43.